The Bertz CT molecular complexity index is 391. The molecule has 0 spiro atoms. The lowest BCUT2D eigenvalue weighted by atomic mass is 9.45. The molecule has 20 heavy (non-hydrogen) atoms. The third kappa shape index (κ3) is 1.65. The van der Waals surface area contributed by atoms with Gasteiger partial charge in [0.15, 0.2) is 0 Å². The molecule has 0 aliphatic heterocycles. The molecule has 0 aromatic carbocycles. The van der Waals surface area contributed by atoms with Crippen molar-refractivity contribution < 1.29 is 5.11 Å². The van der Waals surface area contributed by atoms with Crippen LogP contribution in [0.1, 0.15) is 78.1 Å². The highest BCUT2D eigenvalue weighted by Gasteiger charge is 2.59. The van der Waals surface area contributed by atoms with Crippen LogP contribution in [0, 0.1) is 40.6 Å². The molecule has 1 radical (unpaired) electrons. The Labute approximate surface area is 124 Å². The number of hydrogen-bond acceptors (Lipinski definition) is 1. The van der Waals surface area contributed by atoms with E-state index in [9.17, 15) is 5.11 Å². The molecule has 4 aliphatic carbocycles. The van der Waals surface area contributed by atoms with E-state index in [1.807, 2.05) is 0 Å². The van der Waals surface area contributed by atoms with Crippen LogP contribution in [0.4, 0.5) is 0 Å². The minimum Gasteiger partial charge on any atom is -0.386 e. The van der Waals surface area contributed by atoms with Crippen LogP contribution in [0.3, 0.4) is 0 Å². The molecule has 1 nitrogen and oxygen atoms in total. The maximum Gasteiger partial charge on any atom is 0.0997 e. The van der Waals surface area contributed by atoms with Crippen molar-refractivity contribution in [3.63, 3.8) is 0 Å². The Kier molecular flexibility index (Phi) is 3.05. The van der Waals surface area contributed by atoms with E-state index in [0.29, 0.717) is 5.41 Å². The van der Waals surface area contributed by atoms with E-state index in [1.165, 1.54) is 57.8 Å². The molecule has 1 N–H and O–H groups in total. The lowest BCUT2D eigenvalue weighted by Crippen LogP contribution is -2.54. The maximum absolute atomic E-state index is 10.7. The summed E-state index contributed by atoms with van der Waals surface area (Å²) in [5.41, 5.74) is 0.819. The van der Waals surface area contributed by atoms with Gasteiger partial charge in [-0.3, -0.25) is 0 Å². The molecular weight excluding hydrogens is 244 g/mol. The first-order chi connectivity index (χ1) is 9.56. The molecule has 0 saturated heterocycles. The van der Waals surface area contributed by atoms with Gasteiger partial charge in [0, 0.05) is 5.41 Å². The van der Waals surface area contributed by atoms with Crippen LogP contribution in [-0.4, -0.2) is 5.11 Å². The maximum atomic E-state index is 10.7. The summed E-state index contributed by atoms with van der Waals surface area (Å²) in [4.78, 5) is 0. The molecule has 0 aromatic rings. The fourth-order valence-electron chi connectivity index (χ4n) is 7.10. The molecule has 0 bridgehead atoms. The van der Waals surface area contributed by atoms with Crippen LogP contribution in [-0.2, 0) is 0 Å². The first-order valence-corrected chi connectivity index (χ1v) is 9.11. The van der Waals surface area contributed by atoms with Crippen molar-refractivity contribution in [2.45, 2.75) is 78.1 Å². The topological polar surface area (TPSA) is 20.2 Å². The Balaban J connectivity index is 1.67. The van der Waals surface area contributed by atoms with Gasteiger partial charge in [-0.1, -0.05) is 26.7 Å². The Morgan fingerprint density at radius 3 is 2.60 bits per heavy atom. The summed E-state index contributed by atoms with van der Waals surface area (Å²) in [6.45, 7) is 5.00. The molecule has 4 saturated carbocycles. The Morgan fingerprint density at radius 2 is 1.75 bits per heavy atom. The number of aliphatic hydroxyl groups is 1. The fourth-order valence-corrected chi connectivity index (χ4v) is 7.10. The number of hydrogen-bond donors (Lipinski definition) is 1. The smallest absolute Gasteiger partial charge is 0.0997 e. The molecule has 4 rings (SSSR count). The van der Waals surface area contributed by atoms with Crippen molar-refractivity contribution in [1.82, 2.24) is 0 Å². The molecule has 4 aliphatic rings. The number of fused-ring (bicyclic) bond motifs is 5. The summed E-state index contributed by atoms with van der Waals surface area (Å²) >= 11 is 0. The number of rotatable bonds is 0. The molecule has 4 fully saturated rings. The summed E-state index contributed by atoms with van der Waals surface area (Å²) in [5.74, 6) is 3.45. The summed E-state index contributed by atoms with van der Waals surface area (Å²) in [6.07, 6.45) is 14.5. The van der Waals surface area contributed by atoms with Gasteiger partial charge >= 0.3 is 0 Å². The molecule has 1 unspecified atom stereocenters. The van der Waals surface area contributed by atoms with E-state index in [1.54, 1.807) is 0 Å². The zero-order chi connectivity index (χ0) is 14.0. The van der Waals surface area contributed by atoms with E-state index < -0.39 is 0 Å². The normalized spacial score (nSPS) is 56.0. The molecule has 6 atom stereocenters. The van der Waals surface area contributed by atoms with Crippen molar-refractivity contribution in [3.8, 4) is 0 Å². The highest BCUT2D eigenvalue weighted by atomic mass is 16.3. The number of aliphatic hydroxyl groups excluding tert-OH is 1. The first-order valence-electron chi connectivity index (χ1n) is 9.11. The lowest BCUT2D eigenvalue weighted by molar-refractivity contribution is -0.119. The van der Waals surface area contributed by atoms with E-state index in [4.69, 9.17) is 0 Å². The third-order valence-corrected chi connectivity index (χ3v) is 8.27. The largest absolute Gasteiger partial charge is 0.386 e. The van der Waals surface area contributed by atoms with Gasteiger partial charge in [-0.25, -0.2) is 0 Å². The summed E-state index contributed by atoms with van der Waals surface area (Å²) in [5, 5.41) is 10.7. The zero-order valence-electron chi connectivity index (χ0n) is 13.3. The van der Waals surface area contributed by atoms with Gasteiger partial charge < -0.3 is 5.11 Å². The van der Waals surface area contributed by atoms with Crippen LogP contribution < -0.4 is 0 Å². The predicted octanol–water partition coefficient (Wildman–Crippen LogP) is 5.32. The molecule has 1 heteroatoms. The molecule has 0 heterocycles. The highest BCUT2D eigenvalue weighted by molar-refractivity contribution is 5.13. The Hall–Kier alpha value is -0.0400. The lowest BCUT2D eigenvalue weighted by Gasteiger charge is -2.61. The molecule has 113 valence electrons. The highest BCUT2D eigenvalue weighted by Crippen LogP contribution is 2.67. The van der Waals surface area contributed by atoms with Gasteiger partial charge in [0.2, 0.25) is 0 Å². The summed E-state index contributed by atoms with van der Waals surface area (Å²) < 4.78 is 0. The second kappa shape index (κ2) is 4.48. The van der Waals surface area contributed by atoms with Gasteiger partial charge in [0.1, 0.15) is 0 Å². The molecular formula is C19H31O. The molecule has 0 amide bonds. The third-order valence-electron chi connectivity index (χ3n) is 8.27. The quantitative estimate of drug-likeness (QED) is 0.634. The second-order valence-corrected chi connectivity index (χ2v) is 8.86. The standard InChI is InChI=1S/C19H31O/c1-18-11-4-6-15(18)14-9-8-13-5-3-7-17(20)19(13,2)16(14)10-12-18/h13-16,20H,3-12H2,1-2H3/t13?,14-,15-,16-,18-,19-/m0/s1. The van der Waals surface area contributed by atoms with Crippen molar-refractivity contribution >= 4 is 0 Å². The van der Waals surface area contributed by atoms with E-state index in [-0.39, 0.29) is 5.41 Å². The van der Waals surface area contributed by atoms with Gasteiger partial charge in [0.25, 0.3) is 0 Å². The minimum absolute atomic E-state index is 0.172. The minimum atomic E-state index is 0.172. The molecule has 0 aromatic heterocycles. The van der Waals surface area contributed by atoms with E-state index in [0.717, 1.165) is 36.2 Å². The van der Waals surface area contributed by atoms with Crippen LogP contribution in [0.5, 0.6) is 0 Å². The van der Waals surface area contributed by atoms with Crippen molar-refractivity contribution in [2.24, 2.45) is 34.5 Å². The van der Waals surface area contributed by atoms with Crippen LogP contribution in [0.15, 0.2) is 0 Å². The van der Waals surface area contributed by atoms with Crippen molar-refractivity contribution in [1.29, 1.82) is 0 Å². The van der Waals surface area contributed by atoms with Crippen LogP contribution in [0.25, 0.3) is 0 Å². The van der Waals surface area contributed by atoms with Gasteiger partial charge in [-0.05, 0) is 80.5 Å². The SMILES string of the molecule is C[C@@]12CCC[C@H]1[C@@H]1CCC3CCC[C](O)[C@]3(C)[C@H]1CC2. The summed E-state index contributed by atoms with van der Waals surface area (Å²) in [7, 11) is 0. The van der Waals surface area contributed by atoms with Gasteiger partial charge in [0.05, 0.1) is 6.10 Å². The monoisotopic (exact) mass is 275 g/mol. The van der Waals surface area contributed by atoms with Gasteiger partial charge in [-0.15, -0.1) is 0 Å². The van der Waals surface area contributed by atoms with Crippen LogP contribution >= 0.6 is 0 Å². The van der Waals surface area contributed by atoms with Crippen molar-refractivity contribution in [3.05, 3.63) is 6.10 Å². The average molecular weight is 275 g/mol. The van der Waals surface area contributed by atoms with Crippen molar-refractivity contribution in [2.75, 3.05) is 0 Å². The Morgan fingerprint density at radius 1 is 0.900 bits per heavy atom. The average Bonchev–Trinajstić information content (AvgIpc) is 2.82. The predicted molar refractivity (Wildman–Crippen MR) is 81.5 cm³/mol. The van der Waals surface area contributed by atoms with E-state index in [2.05, 4.69) is 13.8 Å². The van der Waals surface area contributed by atoms with Crippen LogP contribution in [0.2, 0.25) is 0 Å². The second-order valence-electron chi connectivity index (χ2n) is 8.86. The van der Waals surface area contributed by atoms with E-state index >= 15 is 0 Å². The van der Waals surface area contributed by atoms with Gasteiger partial charge in [-0.2, -0.15) is 0 Å². The zero-order valence-corrected chi connectivity index (χ0v) is 13.3. The summed E-state index contributed by atoms with van der Waals surface area (Å²) in [6, 6.07) is 0. The fraction of sp³-hybridized carbons (Fsp3) is 0.947. The first kappa shape index (κ1) is 13.6.